The predicted octanol–water partition coefficient (Wildman–Crippen LogP) is 31.0. The average molecular weight is 2040 g/mol. The first-order valence-corrected chi connectivity index (χ1v) is 52.9. The lowest BCUT2D eigenvalue weighted by atomic mass is 9.88. The van der Waals surface area contributed by atoms with Crippen LogP contribution in [-0.2, 0) is 5.41 Å². The van der Waals surface area contributed by atoms with Gasteiger partial charge in [-0.1, -0.05) is 86.9 Å². The number of fused-ring (bicyclic) bond motifs is 2. The van der Waals surface area contributed by atoms with Crippen molar-refractivity contribution in [2.24, 2.45) is 0 Å². The van der Waals surface area contributed by atoms with E-state index in [-0.39, 0.29) is 41.2 Å². The monoisotopic (exact) mass is 2040 g/mol. The van der Waals surface area contributed by atoms with Gasteiger partial charge in [0, 0.05) is 203 Å². The van der Waals surface area contributed by atoms with Gasteiger partial charge in [0.15, 0.2) is 218 Å². The molecular weight excluding hydrogens is 1830 g/mol. The molecule has 0 spiro atoms. The summed E-state index contributed by atoms with van der Waals surface area (Å²) in [6.45, 7) is 92.8. The molecule has 13 aromatic heterocycles. The maximum absolute atomic E-state index is 12.8. The first kappa shape index (κ1) is 139. The summed E-state index contributed by atoms with van der Waals surface area (Å²) in [5.41, 5.74) is 21.8. The number of aryl methyl sites for hydroxylation is 11. The van der Waals surface area contributed by atoms with Crippen LogP contribution in [0.15, 0.2) is 318 Å². The van der Waals surface area contributed by atoms with Gasteiger partial charge in [-0.05, 0) is 322 Å². The Kier molecular flexibility index (Phi) is 65.9. The Morgan fingerprint density at radius 1 is 0.208 bits per heavy atom. The molecule has 15 heteroatoms. The van der Waals surface area contributed by atoms with Gasteiger partial charge in [0.05, 0.1) is 0 Å². The number of aromatic nitrogens is 13. The Morgan fingerprint density at radius 2 is 0.510 bits per heavy atom. The SMILES string of the molecule is C.C.C.C.CC(C)[n+]1c(F)cccc1F.CC(C)[n+]1ccc(C(C)(C)C)cc1.CC(C)[n+]1ccc2ccccc2c1.CC(C)[n+]1cccc2ccccc21.CC(C)[n+]1ccccc1.Cc1cc(C)[n+](C(C)C)c(C)c1.Cc1cc[n+](C(C)C)c(C)c1C.Cc1cc[n+](C(C)C)cc1.Cc1cc[n+](C(C)C)cc1.Cc1cc[n+](C(C)C)cc1.Cc1cc[n+](C(C)C)cc1.Cc1ccc[n+](C(C)C)c1C.Cc1cccc(C)[n+]1C(C)C. The van der Waals surface area contributed by atoms with Crippen LogP contribution in [0.25, 0.3) is 21.7 Å². The van der Waals surface area contributed by atoms with Crippen LogP contribution in [0.2, 0.25) is 0 Å². The lowest BCUT2D eigenvalue weighted by Crippen LogP contribution is -2.43. The van der Waals surface area contributed by atoms with Crippen LogP contribution in [0.1, 0.15) is 393 Å². The van der Waals surface area contributed by atoms with Crippen LogP contribution in [0.4, 0.5) is 8.78 Å². The molecule has 2 aromatic carbocycles. The van der Waals surface area contributed by atoms with Crippen LogP contribution in [0.3, 0.4) is 0 Å². The van der Waals surface area contributed by atoms with Crippen molar-refractivity contribution in [3.8, 4) is 0 Å². The molecule has 0 atom stereocenters. The second kappa shape index (κ2) is 70.7. The smallest absolute Gasteiger partial charge is 0.203 e. The number of benzene rings is 2. The van der Waals surface area contributed by atoms with E-state index in [0.29, 0.717) is 72.5 Å². The fourth-order valence-electron chi connectivity index (χ4n) is 15.8. The molecule has 0 aliphatic rings. The highest BCUT2D eigenvalue weighted by Gasteiger charge is 2.22. The number of pyridine rings is 13. The molecule has 15 aromatic rings. The van der Waals surface area contributed by atoms with Crippen molar-refractivity contribution >= 4 is 21.7 Å². The molecule has 13 heterocycles. The van der Waals surface area contributed by atoms with Gasteiger partial charge >= 0.3 is 11.9 Å². The van der Waals surface area contributed by atoms with E-state index in [0.717, 1.165) is 4.57 Å². The van der Waals surface area contributed by atoms with Crippen molar-refractivity contribution in [2.75, 3.05) is 0 Å². The van der Waals surface area contributed by atoms with Gasteiger partial charge in [0.2, 0.25) is 5.52 Å². The van der Waals surface area contributed by atoms with Crippen molar-refractivity contribution in [3.63, 3.8) is 0 Å². The molecule has 0 bridgehead atoms. The number of hydrogen-bond acceptors (Lipinski definition) is 0. The highest BCUT2D eigenvalue weighted by molar-refractivity contribution is 5.80. The Bertz CT molecular complexity index is 5860. The van der Waals surface area contributed by atoms with E-state index < -0.39 is 11.9 Å². The van der Waals surface area contributed by atoms with Gasteiger partial charge in [-0.25, -0.2) is 41.1 Å². The van der Waals surface area contributed by atoms with Crippen LogP contribution in [0.5, 0.6) is 0 Å². The maximum Gasteiger partial charge on any atom is 0.362 e. The summed E-state index contributed by atoms with van der Waals surface area (Å²) in [6.07, 6.45) is 36.1. The zero-order valence-corrected chi connectivity index (χ0v) is 98.1. The van der Waals surface area contributed by atoms with Crippen LogP contribution >= 0.6 is 0 Å². The topological polar surface area (TPSA) is 50.4 Å². The third-order valence-corrected chi connectivity index (χ3v) is 24.9. The second-order valence-corrected chi connectivity index (χ2v) is 42.8. The molecule has 0 unspecified atom stereocenters. The second-order valence-electron chi connectivity index (χ2n) is 42.8. The number of hydrogen-bond donors (Lipinski definition) is 0. The van der Waals surface area contributed by atoms with E-state index in [4.69, 9.17) is 0 Å². The summed E-state index contributed by atoms with van der Waals surface area (Å²) >= 11 is 0. The summed E-state index contributed by atoms with van der Waals surface area (Å²) in [6, 6.07) is 78.5. The molecule has 0 aliphatic heterocycles. The fourth-order valence-corrected chi connectivity index (χ4v) is 15.8. The number of nitrogens with zero attached hydrogens (tertiary/aromatic N) is 13. The largest absolute Gasteiger partial charge is 0.362 e. The molecule has 812 valence electrons. The molecule has 0 saturated carbocycles. The van der Waals surface area contributed by atoms with Gasteiger partial charge in [-0.15, -0.1) is 13.3 Å². The minimum Gasteiger partial charge on any atom is -0.203 e. The molecular formula is C134H210F2N13+13. The number of rotatable bonds is 13. The summed E-state index contributed by atoms with van der Waals surface area (Å²) < 4.78 is 53.6. The van der Waals surface area contributed by atoms with Gasteiger partial charge in [-0.2, -0.15) is 13.7 Å². The third kappa shape index (κ3) is 50.3. The van der Waals surface area contributed by atoms with Gasteiger partial charge < -0.3 is 0 Å². The van der Waals surface area contributed by atoms with E-state index in [9.17, 15) is 8.78 Å². The zero-order chi connectivity index (χ0) is 109. The minimum absolute atomic E-state index is 0. The van der Waals surface area contributed by atoms with Crippen molar-refractivity contribution in [1.82, 2.24) is 0 Å². The Hall–Kier alpha value is -12.2. The molecule has 0 fully saturated rings. The van der Waals surface area contributed by atoms with Gasteiger partial charge in [0.25, 0.3) is 0 Å². The number of halogens is 2. The van der Waals surface area contributed by atoms with Crippen LogP contribution in [-0.4, -0.2) is 0 Å². The molecule has 149 heavy (non-hydrogen) atoms. The van der Waals surface area contributed by atoms with E-state index in [2.05, 4.69) is 620 Å². The lowest BCUT2D eigenvalue weighted by Gasteiger charge is -2.17. The third-order valence-electron chi connectivity index (χ3n) is 24.9. The molecule has 0 aliphatic carbocycles. The quantitative estimate of drug-likeness (QED) is 0.0816. The van der Waals surface area contributed by atoms with Crippen LogP contribution < -0.4 is 59.4 Å². The van der Waals surface area contributed by atoms with Crippen molar-refractivity contribution in [2.45, 2.75) is 411 Å². The van der Waals surface area contributed by atoms with Gasteiger partial charge in [-0.3, -0.25) is 0 Å². The van der Waals surface area contributed by atoms with E-state index >= 15 is 0 Å². The zero-order valence-electron chi connectivity index (χ0n) is 98.1. The highest BCUT2D eigenvalue weighted by Crippen LogP contribution is 2.21. The summed E-state index contributed by atoms with van der Waals surface area (Å²) in [4.78, 5) is 0. The van der Waals surface area contributed by atoms with Gasteiger partial charge in [0.1, 0.15) is 0 Å². The van der Waals surface area contributed by atoms with Crippen molar-refractivity contribution in [1.29, 1.82) is 0 Å². The fraction of sp³-hybridized carbons (Fsp3) is 0.455. The summed E-state index contributed by atoms with van der Waals surface area (Å²) in [5.74, 6) is -1.08. The normalized spacial score (nSPS) is 10.5. The number of para-hydroxylation sites is 1. The standard InChI is InChI=1S/2C12H14N.C12H20N.2C11H18N.2C10H16N.4C9H14N.C8H10F2N.C8H12N.4CH4/c1-10(2)13-9-5-7-11-6-3-4-8-12(11)13;1-10(2)13-8-7-11-5-3-4-6-12(11)9-13;1-10(2)13-8-6-11(7-9-13)12(3,4)5;1-8(2)12-10(4)6-9(3)7-11(12)5;1-8(2)12-7-6-9(3)10(4)11(12)5;1-8(2)11-7-5-6-9(3)10(11)4;1-8(2)11-9(3)6-5-7-10(11)4;4*1-8(2)10-6-4-9(3)5-7-10;1-6(2)11-7(9)4-3-5-8(11)10;1-8(2)9-6-4-3-5-7-9;;;;/h2*3-10H,1-2H3;6-10H,1-5H3;2*6-8H,1-5H3;2*5-8H,1-4H3;4*4-8H,1-3H3;3-6H,1-2H3;3-8H,1-2H3;4*1H4/q13*+1;;;;. The minimum atomic E-state index is -0.542. The molecule has 0 radical (unpaired) electrons. The Balaban J connectivity index is 0. The Labute approximate surface area is 909 Å². The molecule has 13 nitrogen and oxygen atoms in total. The molecule has 15 rings (SSSR count). The average Bonchev–Trinajstić information content (AvgIpc) is 0.817. The first-order valence-electron chi connectivity index (χ1n) is 52.9. The molecule has 0 amide bonds. The first-order chi connectivity index (χ1) is 68.0. The lowest BCUT2D eigenvalue weighted by molar-refractivity contribution is -0.766. The summed E-state index contributed by atoms with van der Waals surface area (Å²) in [7, 11) is 0. The summed E-state index contributed by atoms with van der Waals surface area (Å²) in [5, 5.41) is 3.91. The Morgan fingerprint density at radius 3 is 0.839 bits per heavy atom. The molecule has 0 N–H and O–H groups in total. The van der Waals surface area contributed by atoms with E-state index in [1.54, 1.807) is 13.8 Å². The van der Waals surface area contributed by atoms with Crippen molar-refractivity contribution < 1.29 is 68.2 Å². The maximum atomic E-state index is 12.8. The molecule has 0 saturated heterocycles. The predicted molar refractivity (Wildman–Crippen MR) is 628 cm³/mol. The highest BCUT2D eigenvalue weighted by atomic mass is 19.1. The van der Waals surface area contributed by atoms with E-state index in [1.165, 1.54) is 124 Å². The van der Waals surface area contributed by atoms with E-state index in [1.807, 2.05) is 18.2 Å². The van der Waals surface area contributed by atoms with Crippen LogP contribution in [0, 0.1) is 109 Å². The van der Waals surface area contributed by atoms with Crippen molar-refractivity contribution in [3.05, 3.63) is 414 Å².